The average molecular weight is 342 g/mol. The van der Waals surface area contributed by atoms with E-state index < -0.39 is 0 Å². The Kier molecular flexibility index (Phi) is 5.95. The Bertz CT molecular complexity index is 599. The van der Waals surface area contributed by atoms with Crippen molar-refractivity contribution in [3.05, 3.63) is 35.9 Å². The number of benzene rings is 1. The SMILES string of the molecule is CN(C)C(=O)CN=C(NCCc1ccccc1)NC1CC2CCC1C2. The molecular formula is C20H30N4O. The van der Waals surface area contributed by atoms with Crippen molar-refractivity contribution in [2.45, 2.75) is 38.1 Å². The molecule has 2 bridgehead atoms. The van der Waals surface area contributed by atoms with Crippen LogP contribution >= 0.6 is 0 Å². The van der Waals surface area contributed by atoms with Crippen LogP contribution in [0.25, 0.3) is 0 Å². The van der Waals surface area contributed by atoms with Gasteiger partial charge in [-0.2, -0.15) is 0 Å². The number of amides is 1. The molecule has 0 aliphatic heterocycles. The van der Waals surface area contributed by atoms with Gasteiger partial charge in [0, 0.05) is 26.7 Å². The van der Waals surface area contributed by atoms with E-state index in [4.69, 9.17) is 0 Å². The van der Waals surface area contributed by atoms with E-state index in [1.807, 2.05) is 6.07 Å². The van der Waals surface area contributed by atoms with Crippen LogP contribution in [0.15, 0.2) is 35.3 Å². The highest BCUT2D eigenvalue weighted by Gasteiger charge is 2.39. The van der Waals surface area contributed by atoms with E-state index in [-0.39, 0.29) is 12.5 Å². The molecule has 1 aromatic rings. The molecule has 136 valence electrons. The Balaban J connectivity index is 1.55. The van der Waals surface area contributed by atoms with Gasteiger partial charge in [0.15, 0.2) is 5.96 Å². The molecule has 2 aliphatic carbocycles. The first-order valence-corrected chi connectivity index (χ1v) is 9.40. The van der Waals surface area contributed by atoms with E-state index >= 15 is 0 Å². The van der Waals surface area contributed by atoms with Crippen molar-refractivity contribution in [3.8, 4) is 0 Å². The van der Waals surface area contributed by atoms with Gasteiger partial charge in [0.1, 0.15) is 6.54 Å². The van der Waals surface area contributed by atoms with Crippen LogP contribution in [0, 0.1) is 11.8 Å². The average Bonchev–Trinajstić information content (AvgIpc) is 3.23. The quantitative estimate of drug-likeness (QED) is 0.614. The van der Waals surface area contributed by atoms with Gasteiger partial charge in [-0.25, -0.2) is 4.99 Å². The van der Waals surface area contributed by atoms with Gasteiger partial charge in [-0.3, -0.25) is 4.79 Å². The highest BCUT2D eigenvalue weighted by molar-refractivity contribution is 5.85. The molecule has 1 amide bonds. The number of guanidine groups is 1. The van der Waals surface area contributed by atoms with E-state index in [1.165, 1.54) is 31.2 Å². The number of aliphatic imine (C=N–C) groups is 1. The molecule has 2 N–H and O–H groups in total. The molecule has 3 rings (SSSR count). The van der Waals surface area contributed by atoms with Crippen LogP contribution in [0.4, 0.5) is 0 Å². The van der Waals surface area contributed by atoms with E-state index in [1.54, 1.807) is 19.0 Å². The lowest BCUT2D eigenvalue weighted by molar-refractivity contribution is -0.127. The molecule has 3 atom stereocenters. The molecule has 0 aromatic heterocycles. The fraction of sp³-hybridized carbons (Fsp3) is 0.600. The van der Waals surface area contributed by atoms with Gasteiger partial charge in [-0.15, -0.1) is 0 Å². The summed E-state index contributed by atoms with van der Waals surface area (Å²) in [6.07, 6.45) is 6.25. The predicted molar refractivity (Wildman–Crippen MR) is 102 cm³/mol. The summed E-state index contributed by atoms with van der Waals surface area (Å²) in [6.45, 7) is 1.00. The lowest BCUT2D eigenvalue weighted by Gasteiger charge is -2.25. The zero-order valence-electron chi connectivity index (χ0n) is 15.4. The van der Waals surface area contributed by atoms with Crippen molar-refractivity contribution in [2.75, 3.05) is 27.2 Å². The molecule has 2 fully saturated rings. The molecular weight excluding hydrogens is 312 g/mol. The first-order valence-electron chi connectivity index (χ1n) is 9.40. The van der Waals surface area contributed by atoms with Crippen LogP contribution in [0.2, 0.25) is 0 Å². The lowest BCUT2D eigenvalue weighted by Crippen LogP contribution is -2.46. The molecule has 1 aromatic carbocycles. The Morgan fingerprint density at radius 3 is 2.64 bits per heavy atom. The maximum Gasteiger partial charge on any atom is 0.243 e. The normalized spacial score (nSPS) is 25.0. The topological polar surface area (TPSA) is 56.7 Å². The molecule has 5 heteroatoms. The number of nitrogens with one attached hydrogen (secondary N) is 2. The van der Waals surface area contributed by atoms with Gasteiger partial charge < -0.3 is 15.5 Å². The van der Waals surface area contributed by atoms with E-state index in [2.05, 4.69) is 39.9 Å². The second kappa shape index (κ2) is 8.37. The van der Waals surface area contributed by atoms with Gasteiger partial charge in [0.25, 0.3) is 0 Å². The highest BCUT2D eigenvalue weighted by Crippen LogP contribution is 2.44. The largest absolute Gasteiger partial charge is 0.356 e. The second-order valence-electron chi connectivity index (χ2n) is 7.54. The van der Waals surface area contributed by atoms with Crippen LogP contribution in [0.3, 0.4) is 0 Å². The summed E-state index contributed by atoms with van der Waals surface area (Å²) in [7, 11) is 3.54. The summed E-state index contributed by atoms with van der Waals surface area (Å²) < 4.78 is 0. The predicted octanol–water partition coefficient (Wildman–Crippen LogP) is 2.04. The minimum absolute atomic E-state index is 0.0251. The zero-order chi connectivity index (χ0) is 17.6. The van der Waals surface area contributed by atoms with Gasteiger partial charge in [-0.05, 0) is 43.1 Å². The number of likely N-dealkylation sites (N-methyl/N-ethyl adjacent to an activating group) is 1. The lowest BCUT2D eigenvalue weighted by atomic mass is 9.95. The van der Waals surface area contributed by atoms with Crippen molar-refractivity contribution in [1.29, 1.82) is 0 Å². The van der Waals surface area contributed by atoms with E-state index in [0.29, 0.717) is 6.04 Å². The van der Waals surface area contributed by atoms with Gasteiger partial charge >= 0.3 is 0 Å². The molecule has 0 heterocycles. The number of hydrogen-bond acceptors (Lipinski definition) is 2. The van der Waals surface area contributed by atoms with Crippen LogP contribution < -0.4 is 10.6 Å². The van der Waals surface area contributed by atoms with E-state index in [9.17, 15) is 4.79 Å². The third kappa shape index (κ3) is 4.97. The fourth-order valence-electron chi connectivity index (χ4n) is 4.01. The maximum absolute atomic E-state index is 11.9. The number of carbonyl (C=O) groups is 1. The van der Waals surface area contributed by atoms with Crippen molar-refractivity contribution in [1.82, 2.24) is 15.5 Å². The van der Waals surface area contributed by atoms with Crippen LogP contribution in [0.1, 0.15) is 31.2 Å². The van der Waals surface area contributed by atoms with Crippen LogP contribution in [-0.2, 0) is 11.2 Å². The summed E-state index contributed by atoms with van der Waals surface area (Å²) in [5.41, 5.74) is 1.30. The monoisotopic (exact) mass is 342 g/mol. The minimum Gasteiger partial charge on any atom is -0.356 e. The van der Waals surface area contributed by atoms with Crippen molar-refractivity contribution >= 4 is 11.9 Å². The third-order valence-corrected chi connectivity index (χ3v) is 5.48. The van der Waals surface area contributed by atoms with E-state index in [0.717, 1.165) is 30.8 Å². The number of rotatable bonds is 6. The molecule has 2 saturated carbocycles. The first-order chi connectivity index (χ1) is 12.1. The Morgan fingerprint density at radius 2 is 2.00 bits per heavy atom. The Morgan fingerprint density at radius 1 is 1.20 bits per heavy atom. The van der Waals surface area contributed by atoms with Gasteiger partial charge in [0.05, 0.1) is 0 Å². The summed E-state index contributed by atoms with van der Waals surface area (Å²) in [5.74, 6) is 2.47. The fourth-order valence-corrected chi connectivity index (χ4v) is 4.01. The number of hydrogen-bond donors (Lipinski definition) is 2. The summed E-state index contributed by atoms with van der Waals surface area (Å²) in [4.78, 5) is 18.0. The highest BCUT2D eigenvalue weighted by atomic mass is 16.2. The number of carbonyl (C=O) groups excluding carboxylic acids is 1. The zero-order valence-corrected chi connectivity index (χ0v) is 15.4. The third-order valence-electron chi connectivity index (χ3n) is 5.48. The van der Waals surface area contributed by atoms with Crippen molar-refractivity contribution < 1.29 is 4.79 Å². The van der Waals surface area contributed by atoms with Crippen LogP contribution in [0.5, 0.6) is 0 Å². The summed E-state index contributed by atoms with van der Waals surface area (Å²) in [6, 6.07) is 10.9. The molecule has 2 aliphatic rings. The van der Waals surface area contributed by atoms with Gasteiger partial charge in [-0.1, -0.05) is 36.8 Å². The van der Waals surface area contributed by atoms with Crippen molar-refractivity contribution in [2.24, 2.45) is 16.8 Å². The number of nitrogens with zero attached hydrogens (tertiary/aromatic N) is 2. The molecule has 0 spiro atoms. The second-order valence-corrected chi connectivity index (χ2v) is 7.54. The Labute approximate surface area is 150 Å². The molecule has 0 radical (unpaired) electrons. The van der Waals surface area contributed by atoms with Crippen molar-refractivity contribution in [3.63, 3.8) is 0 Å². The number of fused-ring (bicyclic) bond motifs is 2. The smallest absolute Gasteiger partial charge is 0.243 e. The minimum atomic E-state index is 0.0251. The van der Waals surface area contributed by atoms with Crippen LogP contribution in [-0.4, -0.2) is 50.0 Å². The molecule has 25 heavy (non-hydrogen) atoms. The molecule has 5 nitrogen and oxygen atoms in total. The molecule has 3 unspecified atom stereocenters. The molecule has 0 saturated heterocycles. The first kappa shape index (κ1) is 17.8. The Hall–Kier alpha value is -2.04. The summed E-state index contributed by atoms with van der Waals surface area (Å²) >= 11 is 0. The standard InChI is InChI=1S/C20H30N4O/c1-24(2)19(25)14-22-20(21-11-10-15-6-4-3-5-7-15)23-18-13-16-8-9-17(18)12-16/h3-7,16-18H,8-14H2,1-2H3,(H2,21,22,23). The van der Waals surface area contributed by atoms with Gasteiger partial charge in [0.2, 0.25) is 5.91 Å². The maximum atomic E-state index is 11.9. The summed E-state index contributed by atoms with van der Waals surface area (Å²) in [5, 5.41) is 7.01.